The van der Waals surface area contributed by atoms with Gasteiger partial charge in [0.05, 0.1) is 9.82 Å². The van der Waals surface area contributed by atoms with Gasteiger partial charge < -0.3 is 5.32 Å². The fourth-order valence-corrected chi connectivity index (χ4v) is 1.67. The first-order valence-electron chi connectivity index (χ1n) is 4.30. The third-order valence-electron chi connectivity index (χ3n) is 1.81. The van der Waals surface area contributed by atoms with Crippen molar-refractivity contribution >= 4 is 27.3 Å². The number of nitro groups is 1. The van der Waals surface area contributed by atoms with Crippen molar-refractivity contribution in [3.8, 4) is 0 Å². The Morgan fingerprint density at radius 2 is 2.06 bits per heavy atom. The van der Waals surface area contributed by atoms with E-state index < -0.39 is 31.4 Å². The summed E-state index contributed by atoms with van der Waals surface area (Å²) >= 11 is 0. The lowest BCUT2D eigenvalue weighted by molar-refractivity contribution is -0.384. The van der Waals surface area contributed by atoms with Gasteiger partial charge in [-0.2, -0.15) is 0 Å². The number of nitrogens with two attached hydrogens (primary N) is 1. The maximum absolute atomic E-state index is 11.0. The summed E-state index contributed by atoms with van der Waals surface area (Å²) in [6.45, 7) is 1.18. The summed E-state index contributed by atoms with van der Waals surface area (Å²) in [5, 5.41) is 17.8. The van der Waals surface area contributed by atoms with E-state index in [4.69, 9.17) is 5.14 Å². The Morgan fingerprint density at radius 3 is 2.47 bits per heavy atom. The van der Waals surface area contributed by atoms with Crippen molar-refractivity contribution in [1.29, 1.82) is 0 Å². The zero-order valence-electron chi connectivity index (χ0n) is 8.71. The number of anilines is 1. The van der Waals surface area contributed by atoms with Crippen LogP contribution in [0.2, 0.25) is 0 Å². The van der Waals surface area contributed by atoms with E-state index in [2.05, 4.69) is 5.32 Å². The Balaban J connectivity index is 3.37. The minimum Gasteiger partial charge on any atom is -0.321 e. The van der Waals surface area contributed by atoms with Crippen molar-refractivity contribution in [1.82, 2.24) is 0 Å². The monoisotopic (exact) mass is 259 g/mol. The van der Waals surface area contributed by atoms with Gasteiger partial charge in [-0.1, -0.05) is 0 Å². The van der Waals surface area contributed by atoms with Crippen molar-refractivity contribution in [2.24, 2.45) is 5.14 Å². The third kappa shape index (κ3) is 3.23. The van der Waals surface area contributed by atoms with Crippen molar-refractivity contribution in [2.45, 2.75) is 11.8 Å². The first-order chi connectivity index (χ1) is 7.71. The van der Waals surface area contributed by atoms with Crippen LogP contribution >= 0.6 is 0 Å². The molecule has 0 unspecified atom stereocenters. The maximum Gasteiger partial charge on any atom is 0.294 e. The number of sulfonamides is 1. The largest absolute Gasteiger partial charge is 0.321 e. The molecular formula is C8H9N3O5S. The molecule has 0 spiro atoms. The lowest BCUT2D eigenvalue weighted by Gasteiger charge is -2.04. The van der Waals surface area contributed by atoms with Crippen LogP contribution in [-0.2, 0) is 14.8 Å². The molecule has 1 aromatic rings. The second kappa shape index (κ2) is 4.47. The highest BCUT2D eigenvalue weighted by atomic mass is 32.2. The Labute approximate surface area is 96.6 Å². The quantitative estimate of drug-likeness (QED) is 0.591. The van der Waals surface area contributed by atoms with E-state index in [9.17, 15) is 23.3 Å². The number of hydrogen-bond donors (Lipinski definition) is 2. The van der Waals surface area contributed by atoms with Gasteiger partial charge in [-0.05, 0) is 12.1 Å². The van der Waals surface area contributed by atoms with E-state index >= 15 is 0 Å². The molecule has 0 atom stereocenters. The van der Waals surface area contributed by atoms with E-state index in [0.717, 1.165) is 18.2 Å². The first-order valence-corrected chi connectivity index (χ1v) is 5.85. The highest BCUT2D eigenvalue weighted by Gasteiger charge is 2.19. The number of primary sulfonamides is 1. The van der Waals surface area contributed by atoms with Gasteiger partial charge in [0.25, 0.3) is 5.69 Å². The zero-order valence-corrected chi connectivity index (χ0v) is 9.52. The topological polar surface area (TPSA) is 132 Å². The molecule has 1 amide bonds. The van der Waals surface area contributed by atoms with Crippen LogP contribution in [0.25, 0.3) is 0 Å². The second-order valence-corrected chi connectivity index (χ2v) is 4.72. The Morgan fingerprint density at radius 1 is 1.47 bits per heavy atom. The first kappa shape index (κ1) is 13.1. The summed E-state index contributed by atoms with van der Waals surface area (Å²) in [5.41, 5.74) is -0.623. The minimum absolute atomic E-state index is 0.0881. The fourth-order valence-electron chi connectivity index (χ4n) is 1.13. The SMILES string of the molecule is CC(=O)Nc1ccc(S(N)(=O)=O)cc1[N+](=O)[O-]. The molecular weight excluding hydrogens is 250 g/mol. The van der Waals surface area contributed by atoms with Crippen LogP contribution in [0.15, 0.2) is 23.1 Å². The molecule has 0 bridgehead atoms. The van der Waals surface area contributed by atoms with Gasteiger partial charge in [-0.25, -0.2) is 13.6 Å². The van der Waals surface area contributed by atoms with Gasteiger partial charge in [-0.3, -0.25) is 14.9 Å². The maximum atomic E-state index is 11.0. The van der Waals surface area contributed by atoms with E-state index in [0.29, 0.717) is 0 Å². The highest BCUT2D eigenvalue weighted by molar-refractivity contribution is 7.89. The number of rotatable bonds is 3. The molecule has 0 saturated heterocycles. The van der Waals surface area contributed by atoms with Crippen molar-refractivity contribution in [3.05, 3.63) is 28.3 Å². The van der Waals surface area contributed by atoms with Crippen LogP contribution in [0.3, 0.4) is 0 Å². The smallest absolute Gasteiger partial charge is 0.294 e. The second-order valence-electron chi connectivity index (χ2n) is 3.16. The summed E-state index contributed by atoms with van der Waals surface area (Å²) < 4.78 is 22.0. The molecule has 9 heteroatoms. The molecule has 17 heavy (non-hydrogen) atoms. The third-order valence-corrected chi connectivity index (χ3v) is 2.72. The van der Waals surface area contributed by atoms with Gasteiger partial charge in [-0.15, -0.1) is 0 Å². The van der Waals surface area contributed by atoms with E-state index in [1.165, 1.54) is 6.92 Å². The Bertz CT molecular complexity index is 581. The van der Waals surface area contributed by atoms with E-state index in [-0.39, 0.29) is 5.69 Å². The molecule has 8 nitrogen and oxygen atoms in total. The van der Waals surface area contributed by atoms with E-state index in [1.807, 2.05) is 0 Å². The number of carbonyl (C=O) groups is 1. The molecule has 0 radical (unpaired) electrons. The van der Waals surface area contributed by atoms with Crippen LogP contribution in [0.5, 0.6) is 0 Å². The average molecular weight is 259 g/mol. The zero-order chi connectivity index (χ0) is 13.2. The molecule has 0 heterocycles. The normalized spacial score (nSPS) is 10.9. The molecule has 0 aromatic heterocycles. The number of hydrogen-bond acceptors (Lipinski definition) is 5. The number of nitrogens with zero attached hydrogens (tertiary/aromatic N) is 1. The molecule has 0 aliphatic heterocycles. The summed E-state index contributed by atoms with van der Waals surface area (Å²) in [6, 6.07) is 2.98. The lowest BCUT2D eigenvalue weighted by atomic mass is 10.2. The van der Waals surface area contributed by atoms with Gasteiger partial charge >= 0.3 is 0 Å². The predicted molar refractivity (Wildman–Crippen MR) is 58.8 cm³/mol. The Kier molecular flexibility index (Phi) is 3.44. The number of benzene rings is 1. The standard InChI is InChI=1S/C8H9N3O5S/c1-5(12)10-7-3-2-6(17(9,15)16)4-8(7)11(13)14/h2-4H,1H3,(H,10,12)(H2,9,15,16). The summed E-state index contributed by atoms with van der Waals surface area (Å²) in [6.07, 6.45) is 0. The molecule has 1 rings (SSSR count). The molecule has 1 aromatic carbocycles. The van der Waals surface area contributed by atoms with Gasteiger partial charge in [0.2, 0.25) is 15.9 Å². The van der Waals surface area contributed by atoms with E-state index in [1.54, 1.807) is 0 Å². The van der Waals surface area contributed by atoms with Crippen LogP contribution in [0.1, 0.15) is 6.92 Å². The van der Waals surface area contributed by atoms with Crippen LogP contribution in [0.4, 0.5) is 11.4 Å². The number of nitrogens with one attached hydrogen (secondary N) is 1. The molecule has 0 fully saturated rings. The number of nitro benzene ring substituents is 1. The molecule has 0 saturated carbocycles. The highest BCUT2D eigenvalue weighted by Crippen LogP contribution is 2.26. The number of carbonyl (C=O) groups excluding carboxylic acids is 1. The van der Waals surface area contributed by atoms with Crippen molar-refractivity contribution < 1.29 is 18.1 Å². The summed E-state index contributed by atoms with van der Waals surface area (Å²) in [4.78, 5) is 20.3. The molecule has 92 valence electrons. The van der Waals surface area contributed by atoms with Crippen LogP contribution < -0.4 is 10.5 Å². The molecule has 0 aliphatic rings. The summed E-state index contributed by atoms with van der Waals surface area (Å²) in [7, 11) is -4.02. The Hall–Kier alpha value is -2.00. The van der Waals surface area contributed by atoms with Crippen LogP contribution in [-0.4, -0.2) is 19.2 Å². The lowest BCUT2D eigenvalue weighted by Crippen LogP contribution is -2.13. The number of amides is 1. The van der Waals surface area contributed by atoms with Gasteiger partial charge in [0.15, 0.2) is 0 Å². The predicted octanol–water partition coefficient (Wildman–Crippen LogP) is 0.201. The summed E-state index contributed by atoms with van der Waals surface area (Å²) in [5.74, 6) is -0.503. The average Bonchev–Trinajstić information content (AvgIpc) is 2.15. The fraction of sp³-hybridized carbons (Fsp3) is 0.125. The van der Waals surface area contributed by atoms with Gasteiger partial charge in [0.1, 0.15) is 5.69 Å². The van der Waals surface area contributed by atoms with Crippen LogP contribution in [0, 0.1) is 10.1 Å². The van der Waals surface area contributed by atoms with Gasteiger partial charge in [0, 0.05) is 13.0 Å². The van der Waals surface area contributed by atoms with Crippen molar-refractivity contribution in [2.75, 3.05) is 5.32 Å². The molecule has 0 aliphatic carbocycles. The minimum atomic E-state index is -4.02. The molecule has 3 N–H and O–H groups in total. The van der Waals surface area contributed by atoms with Crippen molar-refractivity contribution in [3.63, 3.8) is 0 Å².